The molecule has 0 bridgehead atoms. The number of aromatic nitrogens is 1. The van der Waals surface area contributed by atoms with Gasteiger partial charge >= 0.3 is 11.9 Å². The van der Waals surface area contributed by atoms with E-state index in [9.17, 15) is 9.59 Å². The van der Waals surface area contributed by atoms with Gasteiger partial charge < -0.3 is 14.5 Å². The van der Waals surface area contributed by atoms with Crippen LogP contribution in [0.5, 0.6) is 0 Å². The van der Waals surface area contributed by atoms with Gasteiger partial charge in [-0.25, -0.2) is 9.78 Å². The molecule has 1 atom stereocenters. The maximum Gasteiger partial charge on any atom is 0.328 e. The lowest BCUT2D eigenvalue weighted by atomic mass is 10.3. The van der Waals surface area contributed by atoms with Gasteiger partial charge in [0.25, 0.3) is 5.89 Å². The average Bonchev–Trinajstić information content (AvgIpc) is 2.70. The number of nitrogens with zero attached hydrogens (tertiary/aromatic N) is 1. The molecule has 0 radical (unpaired) electrons. The molecule has 82 valence electrons. The van der Waals surface area contributed by atoms with E-state index >= 15 is 0 Å². The van der Waals surface area contributed by atoms with Crippen LogP contribution in [0.25, 0.3) is 0 Å². The number of amides is 1. The summed E-state index contributed by atoms with van der Waals surface area (Å²) in [6.45, 7) is 3.50. The lowest BCUT2D eigenvalue weighted by Crippen LogP contribution is -2.39. The third kappa shape index (κ3) is 3.08. The van der Waals surface area contributed by atoms with Crippen LogP contribution in [0.1, 0.15) is 24.5 Å². The lowest BCUT2D eigenvalue weighted by Gasteiger charge is -2.10. The van der Waals surface area contributed by atoms with Gasteiger partial charge in [-0.15, -0.1) is 0 Å². The van der Waals surface area contributed by atoms with Gasteiger partial charge in [-0.2, -0.15) is 0 Å². The molecule has 0 aromatic carbocycles. The van der Waals surface area contributed by atoms with Crippen LogP contribution in [-0.2, 0) is 9.53 Å². The van der Waals surface area contributed by atoms with E-state index in [1.807, 2.05) is 0 Å². The van der Waals surface area contributed by atoms with Crippen molar-refractivity contribution in [1.82, 2.24) is 10.3 Å². The van der Waals surface area contributed by atoms with E-state index in [-0.39, 0.29) is 12.5 Å². The molecule has 1 amide bonds. The lowest BCUT2D eigenvalue weighted by molar-refractivity contribution is -0.144. The summed E-state index contributed by atoms with van der Waals surface area (Å²) in [4.78, 5) is 26.2. The molecule has 0 saturated carbocycles. The third-order valence-corrected chi connectivity index (χ3v) is 1.61. The van der Waals surface area contributed by atoms with Crippen LogP contribution < -0.4 is 5.32 Å². The van der Waals surface area contributed by atoms with Crippen molar-refractivity contribution < 1.29 is 18.7 Å². The number of rotatable bonds is 4. The first-order chi connectivity index (χ1) is 7.15. The number of esters is 1. The SMILES string of the molecule is CCOC(=O)[C@H](C)NC(=O)c1ncco1. The fourth-order valence-electron chi connectivity index (χ4n) is 0.920. The second-order valence-corrected chi connectivity index (χ2v) is 2.78. The molecule has 0 aliphatic rings. The monoisotopic (exact) mass is 212 g/mol. The van der Waals surface area contributed by atoms with E-state index in [0.717, 1.165) is 0 Å². The van der Waals surface area contributed by atoms with E-state index in [1.165, 1.54) is 19.4 Å². The Bertz CT molecular complexity index is 334. The molecule has 15 heavy (non-hydrogen) atoms. The van der Waals surface area contributed by atoms with Crippen LogP contribution in [0.2, 0.25) is 0 Å². The van der Waals surface area contributed by atoms with Gasteiger partial charge in [0, 0.05) is 0 Å². The van der Waals surface area contributed by atoms with Gasteiger partial charge in [0.15, 0.2) is 0 Å². The second kappa shape index (κ2) is 5.14. The van der Waals surface area contributed by atoms with Gasteiger partial charge in [0.05, 0.1) is 12.8 Å². The Kier molecular flexibility index (Phi) is 3.84. The van der Waals surface area contributed by atoms with E-state index < -0.39 is 17.9 Å². The number of hydrogen-bond donors (Lipinski definition) is 1. The zero-order chi connectivity index (χ0) is 11.3. The fourth-order valence-corrected chi connectivity index (χ4v) is 0.920. The van der Waals surface area contributed by atoms with Crippen molar-refractivity contribution >= 4 is 11.9 Å². The van der Waals surface area contributed by atoms with E-state index in [2.05, 4.69) is 10.3 Å². The standard InChI is InChI=1S/C9H12N2O4/c1-3-14-9(13)6(2)11-7(12)8-10-4-5-15-8/h4-6H,3H2,1-2H3,(H,11,12)/t6-/m0/s1. The highest BCUT2D eigenvalue weighted by molar-refractivity contribution is 5.92. The Morgan fingerprint density at radius 2 is 2.40 bits per heavy atom. The normalized spacial score (nSPS) is 11.9. The molecule has 1 rings (SSSR count). The molecule has 0 aliphatic heterocycles. The minimum Gasteiger partial charge on any atom is -0.464 e. The van der Waals surface area contributed by atoms with Crippen LogP contribution in [-0.4, -0.2) is 29.5 Å². The largest absolute Gasteiger partial charge is 0.464 e. The van der Waals surface area contributed by atoms with Gasteiger partial charge in [-0.1, -0.05) is 0 Å². The molecule has 1 heterocycles. The molecule has 6 heteroatoms. The Morgan fingerprint density at radius 3 is 2.93 bits per heavy atom. The number of carbonyl (C=O) groups excluding carboxylic acids is 2. The first kappa shape index (κ1) is 11.2. The van der Waals surface area contributed by atoms with Crippen molar-refractivity contribution in [2.75, 3.05) is 6.61 Å². The zero-order valence-electron chi connectivity index (χ0n) is 8.52. The van der Waals surface area contributed by atoms with Crippen molar-refractivity contribution in [3.8, 4) is 0 Å². The molecular formula is C9H12N2O4. The highest BCUT2D eigenvalue weighted by atomic mass is 16.5. The first-order valence-electron chi connectivity index (χ1n) is 4.52. The highest BCUT2D eigenvalue weighted by Gasteiger charge is 2.19. The van der Waals surface area contributed by atoms with Crippen LogP contribution in [0.15, 0.2) is 16.9 Å². The van der Waals surface area contributed by atoms with Gasteiger partial charge in [-0.05, 0) is 13.8 Å². The van der Waals surface area contributed by atoms with Gasteiger partial charge in [-0.3, -0.25) is 4.79 Å². The van der Waals surface area contributed by atoms with Crippen molar-refractivity contribution in [2.24, 2.45) is 0 Å². The summed E-state index contributed by atoms with van der Waals surface area (Å²) in [7, 11) is 0. The summed E-state index contributed by atoms with van der Waals surface area (Å²) < 4.78 is 9.48. The predicted molar refractivity (Wildman–Crippen MR) is 50.1 cm³/mol. The predicted octanol–water partition coefficient (Wildman–Crippen LogP) is 0.356. The Labute approximate surface area is 86.6 Å². The molecule has 1 aromatic rings. The Hall–Kier alpha value is -1.85. The maximum absolute atomic E-state index is 11.3. The minimum atomic E-state index is -0.718. The fraction of sp³-hybridized carbons (Fsp3) is 0.444. The molecule has 1 aromatic heterocycles. The van der Waals surface area contributed by atoms with Gasteiger partial charge in [0.2, 0.25) is 0 Å². The Balaban J connectivity index is 2.48. The molecule has 1 N–H and O–H groups in total. The summed E-state index contributed by atoms with van der Waals surface area (Å²) in [5, 5.41) is 2.40. The molecule has 0 fully saturated rings. The molecule has 0 unspecified atom stereocenters. The Morgan fingerprint density at radius 1 is 1.67 bits per heavy atom. The van der Waals surface area contributed by atoms with Gasteiger partial charge in [0.1, 0.15) is 12.3 Å². The average molecular weight is 212 g/mol. The first-order valence-corrected chi connectivity index (χ1v) is 4.52. The summed E-state index contributed by atoms with van der Waals surface area (Å²) in [6.07, 6.45) is 2.63. The number of nitrogens with one attached hydrogen (secondary N) is 1. The zero-order valence-corrected chi connectivity index (χ0v) is 8.52. The number of hydrogen-bond acceptors (Lipinski definition) is 5. The van der Waals surface area contributed by atoms with Crippen molar-refractivity contribution in [3.05, 3.63) is 18.4 Å². The molecular weight excluding hydrogens is 200 g/mol. The van der Waals surface area contributed by atoms with E-state index in [4.69, 9.17) is 9.15 Å². The van der Waals surface area contributed by atoms with Crippen molar-refractivity contribution in [1.29, 1.82) is 0 Å². The van der Waals surface area contributed by atoms with E-state index in [1.54, 1.807) is 6.92 Å². The topological polar surface area (TPSA) is 81.4 Å². The minimum absolute atomic E-state index is 0.0776. The summed E-state index contributed by atoms with van der Waals surface area (Å²) in [6, 6.07) is -0.718. The summed E-state index contributed by atoms with van der Waals surface area (Å²) in [5.41, 5.74) is 0. The maximum atomic E-state index is 11.3. The third-order valence-electron chi connectivity index (χ3n) is 1.61. The summed E-state index contributed by atoms with van der Waals surface area (Å²) >= 11 is 0. The second-order valence-electron chi connectivity index (χ2n) is 2.78. The van der Waals surface area contributed by atoms with E-state index in [0.29, 0.717) is 0 Å². The quantitative estimate of drug-likeness (QED) is 0.728. The van der Waals surface area contributed by atoms with Crippen molar-refractivity contribution in [3.63, 3.8) is 0 Å². The van der Waals surface area contributed by atoms with Crippen LogP contribution in [0, 0.1) is 0 Å². The number of oxazole rings is 1. The smallest absolute Gasteiger partial charge is 0.328 e. The molecule has 0 aliphatic carbocycles. The van der Waals surface area contributed by atoms with Crippen molar-refractivity contribution in [2.45, 2.75) is 19.9 Å². The summed E-state index contributed by atoms with van der Waals surface area (Å²) in [5.74, 6) is -1.11. The van der Waals surface area contributed by atoms with Crippen LogP contribution in [0.4, 0.5) is 0 Å². The molecule has 6 nitrogen and oxygen atoms in total. The number of carbonyl (C=O) groups is 2. The number of ether oxygens (including phenoxy) is 1. The van der Waals surface area contributed by atoms with Crippen LogP contribution in [0.3, 0.4) is 0 Å². The highest BCUT2D eigenvalue weighted by Crippen LogP contribution is 1.96. The molecule has 0 spiro atoms. The van der Waals surface area contributed by atoms with Crippen LogP contribution >= 0.6 is 0 Å². The molecule has 0 saturated heterocycles.